The topological polar surface area (TPSA) is 63.6 Å². The number of esters is 1. The lowest BCUT2D eigenvalue weighted by Crippen LogP contribution is -2.24. The Hall–Kier alpha value is -0.710. The van der Waals surface area contributed by atoms with Crippen LogP contribution in [0.2, 0.25) is 0 Å². The monoisotopic (exact) mass is 206 g/mol. The number of hydrogen-bond acceptors (Lipinski definition) is 4. The molecule has 0 spiro atoms. The van der Waals surface area contributed by atoms with Crippen molar-refractivity contribution in [2.75, 3.05) is 12.9 Å². The van der Waals surface area contributed by atoms with Crippen molar-refractivity contribution >= 4 is 23.7 Å². The molecule has 5 heteroatoms. The third-order valence-electron chi connectivity index (χ3n) is 1.46. The maximum Gasteiger partial charge on any atom is 0.316 e. The molecule has 0 aliphatic heterocycles. The van der Waals surface area contributed by atoms with Crippen LogP contribution >= 0.6 is 11.8 Å². The van der Waals surface area contributed by atoms with Gasteiger partial charge < -0.3 is 9.84 Å². The molecule has 0 rings (SSSR count). The zero-order valence-electron chi connectivity index (χ0n) is 7.94. The van der Waals surface area contributed by atoms with Gasteiger partial charge in [0.1, 0.15) is 5.25 Å². The molecule has 0 aliphatic rings. The molecule has 13 heavy (non-hydrogen) atoms. The van der Waals surface area contributed by atoms with Crippen LogP contribution in [0.15, 0.2) is 0 Å². The van der Waals surface area contributed by atoms with Gasteiger partial charge in [-0.15, -0.1) is 11.8 Å². The van der Waals surface area contributed by atoms with Crippen LogP contribution in [0.3, 0.4) is 0 Å². The Kier molecular flexibility index (Phi) is 5.53. The predicted molar refractivity (Wildman–Crippen MR) is 50.7 cm³/mol. The van der Waals surface area contributed by atoms with Crippen molar-refractivity contribution < 1.29 is 19.4 Å². The largest absolute Gasteiger partial charge is 0.480 e. The van der Waals surface area contributed by atoms with Crippen LogP contribution in [-0.4, -0.2) is 35.2 Å². The first-order chi connectivity index (χ1) is 5.99. The predicted octanol–water partition coefficient (Wildman–Crippen LogP) is 1.00. The van der Waals surface area contributed by atoms with E-state index in [1.54, 1.807) is 0 Å². The molecule has 0 bridgehead atoms. The molecule has 76 valence electrons. The fraction of sp³-hybridized carbons (Fsp3) is 0.750. The number of carboxylic acids is 1. The highest BCUT2D eigenvalue weighted by Gasteiger charge is 2.22. The molecule has 0 saturated heterocycles. The van der Waals surface area contributed by atoms with E-state index in [-0.39, 0.29) is 11.7 Å². The van der Waals surface area contributed by atoms with Crippen LogP contribution in [0, 0.1) is 5.92 Å². The number of rotatable bonds is 5. The van der Waals surface area contributed by atoms with Crippen molar-refractivity contribution in [3.63, 3.8) is 0 Å². The Morgan fingerprint density at radius 1 is 1.46 bits per heavy atom. The van der Waals surface area contributed by atoms with Gasteiger partial charge in [0.25, 0.3) is 0 Å². The Labute approximate surface area is 81.6 Å². The van der Waals surface area contributed by atoms with Crippen molar-refractivity contribution in [2.45, 2.75) is 19.1 Å². The normalized spacial score (nSPS) is 12.6. The standard InChI is InChI=1S/C8H14O4S/c1-5(2)7(8(10)11)13-4-6(9)12-3/h5,7H,4H2,1-3H3,(H,10,11). The van der Waals surface area contributed by atoms with Gasteiger partial charge in [0.2, 0.25) is 0 Å². The van der Waals surface area contributed by atoms with Gasteiger partial charge in [-0.05, 0) is 5.92 Å². The lowest BCUT2D eigenvalue weighted by molar-refractivity contribution is -0.137. The van der Waals surface area contributed by atoms with Gasteiger partial charge in [0.15, 0.2) is 0 Å². The van der Waals surface area contributed by atoms with Gasteiger partial charge >= 0.3 is 11.9 Å². The third-order valence-corrected chi connectivity index (χ3v) is 2.96. The number of carboxylic acid groups (broad SMARTS) is 1. The number of methoxy groups -OCH3 is 1. The van der Waals surface area contributed by atoms with Crippen molar-refractivity contribution in [2.24, 2.45) is 5.92 Å². The smallest absolute Gasteiger partial charge is 0.316 e. The second kappa shape index (κ2) is 5.85. The van der Waals surface area contributed by atoms with Crippen LogP contribution in [0.4, 0.5) is 0 Å². The molecular weight excluding hydrogens is 192 g/mol. The summed E-state index contributed by atoms with van der Waals surface area (Å²) in [4.78, 5) is 21.4. The Morgan fingerprint density at radius 3 is 2.31 bits per heavy atom. The van der Waals surface area contributed by atoms with Crippen molar-refractivity contribution in [3.05, 3.63) is 0 Å². The van der Waals surface area contributed by atoms with Crippen LogP contribution in [0.1, 0.15) is 13.8 Å². The molecule has 0 aromatic heterocycles. The SMILES string of the molecule is COC(=O)CSC(C(=O)O)C(C)C. The first-order valence-corrected chi connectivity index (χ1v) is 4.95. The summed E-state index contributed by atoms with van der Waals surface area (Å²) in [5.41, 5.74) is 0. The lowest BCUT2D eigenvalue weighted by Gasteiger charge is -2.14. The van der Waals surface area contributed by atoms with Crippen molar-refractivity contribution in [1.82, 2.24) is 0 Å². The second-order valence-corrected chi connectivity index (χ2v) is 4.02. The molecule has 4 nitrogen and oxygen atoms in total. The third kappa shape index (κ3) is 4.77. The summed E-state index contributed by atoms with van der Waals surface area (Å²) in [6.07, 6.45) is 0. The van der Waals surface area contributed by atoms with Crippen LogP contribution in [0.5, 0.6) is 0 Å². The molecule has 1 unspecified atom stereocenters. The summed E-state index contributed by atoms with van der Waals surface area (Å²) in [7, 11) is 1.29. The summed E-state index contributed by atoms with van der Waals surface area (Å²) < 4.78 is 4.41. The number of carbonyl (C=O) groups is 2. The number of hydrogen-bond donors (Lipinski definition) is 1. The fourth-order valence-electron chi connectivity index (χ4n) is 0.766. The van der Waals surface area contributed by atoms with Crippen molar-refractivity contribution in [1.29, 1.82) is 0 Å². The molecule has 0 heterocycles. The van der Waals surface area contributed by atoms with Gasteiger partial charge in [-0.3, -0.25) is 9.59 Å². The van der Waals surface area contributed by atoms with Crippen LogP contribution in [0.25, 0.3) is 0 Å². The second-order valence-electron chi connectivity index (χ2n) is 2.89. The van der Waals surface area contributed by atoms with Gasteiger partial charge in [0.05, 0.1) is 12.9 Å². The lowest BCUT2D eigenvalue weighted by atomic mass is 10.1. The van der Waals surface area contributed by atoms with E-state index in [0.717, 1.165) is 11.8 Å². The molecule has 0 radical (unpaired) electrons. The summed E-state index contributed by atoms with van der Waals surface area (Å²) >= 11 is 1.10. The van der Waals surface area contributed by atoms with E-state index in [1.165, 1.54) is 7.11 Å². The summed E-state index contributed by atoms with van der Waals surface area (Å²) in [6.45, 7) is 3.62. The highest BCUT2D eigenvalue weighted by atomic mass is 32.2. The van der Waals surface area contributed by atoms with Crippen LogP contribution in [-0.2, 0) is 14.3 Å². The Bertz CT molecular complexity index is 191. The average Bonchev–Trinajstić information content (AvgIpc) is 2.03. The van der Waals surface area contributed by atoms with E-state index in [0.29, 0.717) is 0 Å². The number of thioether (sulfide) groups is 1. The molecule has 0 aliphatic carbocycles. The van der Waals surface area contributed by atoms with Gasteiger partial charge in [-0.25, -0.2) is 0 Å². The minimum Gasteiger partial charge on any atom is -0.480 e. The minimum absolute atomic E-state index is 0.00663. The van der Waals surface area contributed by atoms with Gasteiger partial charge in [0, 0.05) is 0 Å². The summed E-state index contributed by atoms with van der Waals surface area (Å²) in [5, 5.41) is 8.21. The Morgan fingerprint density at radius 2 is 2.00 bits per heavy atom. The summed E-state index contributed by atoms with van der Waals surface area (Å²) in [6, 6.07) is 0. The molecule has 1 atom stereocenters. The van der Waals surface area contributed by atoms with E-state index >= 15 is 0 Å². The first kappa shape index (κ1) is 12.3. The number of carbonyl (C=O) groups excluding carboxylic acids is 1. The number of ether oxygens (including phenoxy) is 1. The van der Waals surface area contributed by atoms with Gasteiger partial charge in [-0.2, -0.15) is 0 Å². The number of aliphatic carboxylic acids is 1. The molecule has 0 saturated carbocycles. The van der Waals surface area contributed by atoms with E-state index in [1.807, 2.05) is 13.8 Å². The van der Waals surface area contributed by atoms with E-state index in [9.17, 15) is 9.59 Å². The van der Waals surface area contributed by atoms with E-state index < -0.39 is 17.2 Å². The molecule has 0 fully saturated rings. The van der Waals surface area contributed by atoms with E-state index in [4.69, 9.17) is 5.11 Å². The first-order valence-electron chi connectivity index (χ1n) is 3.90. The zero-order chi connectivity index (χ0) is 10.4. The molecule has 0 amide bonds. The average molecular weight is 206 g/mol. The molecule has 0 aromatic carbocycles. The highest BCUT2D eigenvalue weighted by Crippen LogP contribution is 2.19. The zero-order valence-corrected chi connectivity index (χ0v) is 8.76. The Balaban J connectivity index is 3.97. The quantitative estimate of drug-likeness (QED) is 0.680. The minimum atomic E-state index is -0.885. The van der Waals surface area contributed by atoms with E-state index in [2.05, 4.69) is 4.74 Å². The highest BCUT2D eigenvalue weighted by molar-refractivity contribution is 8.01. The molecule has 0 aromatic rings. The fourth-order valence-corrected chi connectivity index (χ4v) is 1.73. The molecular formula is C8H14O4S. The maximum absolute atomic E-state index is 10.7. The molecule has 1 N–H and O–H groups in total. The van der Waals surface area contributed by atoms with Gasteiger partial charge in [-0.1, -0.05) is 13.8 Å². The summed E-state index contributed by atoms with van der Waals surface area (Å²) in [5.74, 6) is -1.18. The van der Waals surface area contributed by atoms with Crippen LogP contribution < -0.4 is 0 Å². The van der Waals surface area contributed by atoms with Crippen molar-refractivity contribution in [3.8, 4) is 0 Å². The maximum atomic E-state index is 10.7.